The molecule has 0 aliphatic rings. The summed E-state index contributed by atoms with van der Waals surface area (Å²) in [5, 5.41) is 14.3. The summed E-state index contributed by atoms with van der Waals surface area (Å²) in [5.74, 6) is 0.216. The first-order valence-electron chi connectivity index (χ1n) is 7.52. The van der Waals surface area contributed by atoms with Crippen LogP contribution in [0.2, 0.25) is 0 Å². The van der Waals surface area contributed by atoms with Crippen LogP contribution in [0.3, 0.4) is 0 Å². The lowest BCUT2D eigenvalue weighted by Gasteiger charge is -2.21. The highest BCUT2D eigenvalue weighted by Gasteiger charge is 2.28. The molecule has 4 heteroatoms. The highest BCUT2D eigenvalue weighted by atomic mass is 16.4. The van der Waals surface area contributed by atoms with E-state index >= 15 is 0 Å². The number of carbonyl (C=O) groups excluding carboxylic acids is 1. The number of aliphatic hydroxyl groups is 1. The Morgan fingerprint density at radius 2 is 1.96 bits per heavy atom. The van der Waals surface area contributed by atoms with Crippen molar-refractivity contribution < 1.29 is 14.3 Å². The second kappa shape index (κ2) is 5.89. The molecule has 23 heavy (non-hydrogen) atoms. The molecular formula is C19H19NO3. The first-order valence-corrected chi connectivity index (χ1v) is 7.52. The molecule has 0 radical (unpaired) electrons. The minimum atomic E-state index is -1.28. The predicted molar refractivity (Wildman–Crippen MR) is 89.3 cm³/mol. The van der Waals surface area contributed by atoms with E-state index in [4.69, 9.17) is 4.42 Å². The van der Waals surface area contributed by atoms with Crippen LogP contribution in [-0.4, -0.2) is 17.6 Å². The van der Waals surface area contributed by atoms with Crippen LogP contribution in [0.4, 0.5) is 0 Å². The lowest BCUT2D eigenvalue weighted by Crippen LogP contribution is -2.38. The smallest absolute Gasteiger partial charge is 0.251 e. The average Bonchev–Trinajstić information content (AvgIpc) is 2.97. The van der Waals surface area contributed by atoms with Crippen molar-refractivity contribution in [3.63, 3.8) is 0 Å². The largest absolute Gasteiger partial charge is 0.458 e. The number of hydrogen-bond acceptors (Lipinski definition) is 3. The number of nitrogens with one attached hydrogen (secondary N) is 1. The van der Waals surface area contributed by atoms with E-state index in [0.29, 0.717) is 16.9 Å². The zero-order valence-electron chi connectivity index (χ0n) is 13.2. The van der Waals surface area contributed by atoms with E-state index in [-0.39, 0.29) is 12.5 Å². The van der Waals surface area contributed by atoms with Gasteiger partial charge in [0.2, 0.25) is 0 Å². The third-order valence-corrected chi connectivity index (χ3v) is 3.83. The van der Waals surface area contributed by atoms with Crippen molar-refractivity contribution in [2.24, 2.45) is 0 Å². The summed E-state index contributed by atoms with van der Waals surface area (Å²) in [6.45, 7) is 3.63. The topological polar surface area (TPSA) is 62.5 Å². The Balaban J connectivity index is 1.74. The Bertz CT molecular complexity index is 815. The van der Waals surface area contributed by atoms with E-state index in [1.54, 1.807) is 19.1 Å². The Labute approximate surface area is 134 Å². The van der Waals surface area contributed by atoms with Crippen molar-refractivity contribution in [3.05, 3.63) is 71.5 Å². The second-order valence-electron chi connectivity index (χ2n) is 5.97. The van der Waals surface area contributed by atoms with Crippen LogP contribution in [0, 0.1) is 6.92 Å². The van der Waals surface area contributed by atoms with Crippen molar-refractivity contribution in [1.29, 1.82) is 0 Å². The lowest BCUT2D eigenvalue weighted by atomic mass is 10.0. The zero-order valence-corrected chi connectivity index (χ0v) is 13.2. The number of furan rings is 1. The SMILES string of the molecule is Cc1cccc(C(=O)NCC(C)(O)c2cc3ccccc3o2)c1. The molecule has 0 bridgehead atoms. The van der Waals surface area contributed by atoms with Crippen LogP contribution in [-0.2, 0) is 5.60 Å². The Morgan fingerprint density at radius 1 is 1.17 bits per heavy atom. The Kier molecular flexibility index (Phi) is 3.92. The minimum Gasteiger partial charge on any atom is -0.458 e. The summed E-state index contributed by atoms with van der Waals surface area (Å²) in [7, 11) is 0. The van der Waals surface area contributed by atoms with Crippen molar-refractivity contribution in [1.82, 2.24) is 5.32 Å². The van der Waals surface area contributed by atoms with Gasteiger partial charge in [-0.15, -0.1) is 0 Å². The second-order valence-corrected chi connectivity index (χ2v) is 5.97. The Morgan fingerprint density at radius 3 is 2.70 bits per heavy atom. The molecule has 0 aliphatic heterocycles. The molecule has 0 saturated carbocycles. The highest BCUT2D eigenvalue weighted by Crippen LogP contribution is 2.27. The molecule has 1 heterocycles. The summed E-state index contributed by atoms with van der Waals surface area (Å²) >= 11 is 0. The number of fused-ring (bicyclic) bond motifs is 1. The number of benzene rings is 2. The first-order chi connectivity index (χ1) is 11.0. The number of hydrogen-bond donors (Lipinski definition) is 2. The van der Waals surface area contributed by atoms with Gasteiger partial charge in [-0.1, -0.05) is 35.9 Å². The average molecular weight is 309 g/mol. The van der Waals surface area contributed by atoms with Gasteiger partial charge < -0.3 is 14.8 Å². The zero-order chi connectivity index (χ0) is 16.4. The van der Waals surface area contributed by atoms with Gasteiger partial charge in [0.15, 0.2) is 0 Å². The molecule has 2 aromatic carbocycles. The van der Waals surface area contributed by atoms with Gasteiger partial charge in [0.25, 0.3) is 5.91 Å². The molecule has 1 amide bonds. The molecule has 0 spiro atoms. The van der Waals surface area contributed by atoms with E-state index in [2.05, 4.69) is 5.32 Å². The first kappa shape index (κ1) is 15.3. The predicted octanol–water partition coefficient (Wildman–Crippen LogP) is 3.38. The molecule has 0 fully saturated rings. The molecule has 2 N–H and O–H groups in total. The molecule has 1 aromatic heterocycles. The summed E-state index contributed by atoms with van der Waals surface area (Å²) in [6, 6.07) is 16.7. The van der Waals surface area contributed by atoms with Crippen LogP contribution < -0.4 is 5.32 Å². The van der Waals surface area contributed by atoms with Crippen LogP contribution >= 0.6 is 0 Å². The third-order valence-electron chi connectivity index (χ3n) is 3.83. The summed E-state index contributed by atoms with van der Waals surface area (Å²) in [4.78, 5) is 12.2. The van der Waals surface area contributed by atoms with Crippen LogP contribution in [0.1, 0.15) is 28.6 Å². The molecular weight excluding hydrogens is 290 g/mol. The van der Waals surface area contributed by atoms with Crippen molar-refractivity contribution in [3.8, 4) is 0 Å². The van der Waals surface area contributed by atoms with Gasteiger partial charge in [-0.05, 0) is 38.1 Å². The van der Waals surface area contributed by atoms with Crippen LogP contribution in [0.25, 0.3) is 11.0 Å². The Hall–Kier alpha value is -2.59. The number of amides is 1. The van der Waals surface area contributed by atoms with Gasteiger partial charge in [-0.3, -0.25) is 4.79 Å². The highest BCUT2D eigenvalue weighted by molar-refractivity contribution is 5.94. The minimum absolute atomic E-state index is 0.0690. The van der Waals surface area contributed by atoms with Gasteiger partial charge in [0.05, 0.1) is 6.54 Å². The maximum atomic E-state index is 12.2. The molecule has 0 saturated heterocycles. The number of carbonyl (C=O) groups is 1. The standard InChI is InChI=1S/C19H19NO3/c1-13-6-5-8-15(10-13)18(21)20-12-19(2,22)17-11-14-7-3-4-9-16(14)23-17/h3-11,22H,12H2,1-2H3,(H,20,21). The van der Waals surface area contributed by atoms with E-state index in [1.807, 2.05) is 49.4 Å². The molecule has 3 aromatic rings. The van der Waals surface area contributed by atoms with Gasteiger partial charge in [0, 0.05) is 10.9 Å². The summed E-state index contributed by atoms with van der Waals surface area (Å²) < 4.78 is 5.69. The fourth-order valence-electron chi connectivity index (χ4n) is 2.48. The summed E-state index contributed by atoms with van der Waals surface area (Å²) in [6.07, 6.45) is 0. The normalized spacial score (nSPS) is 13.7. The van der Waals surface area contributed by atoms with Crippen LogP contribution in [0.15, 0.2) is 59.0 Å². The van der Waals surface area contributed by atoms with Gasteiger partial charge in [-0.25, -0.2) is 0 Å². The maximum Gasteiger partial charge on any atom is 0.251 e. The molecule has 3 rings (SSSR count). The third kappa shape index (κ3) is 3.27. The fourth-order valence-corrected chi connectivity index (χ4v) is 2.48. The molecule has 1 unspecified atom stereocenters. The van der Waals surface area contributed by atoms with Crippen molar-refractivity contribution >= 4 is 16.9 Å². The summed E-state index contributed by atoms with van der Waals surface area (Å²) in [5.41, 5.74) is 1.03. The quantitative estimate of drug-likeness (QED) is 0.776. The molecule has 4 nitrogen and oxygen atoms in total. The maximum absolute atomic E-state index is 12.2. The molecule has 118 valence electrons. The van der Waals surface area contributed by atoms with Gasteiger partial charge in [0.1, 0.15) is 16.9 Å². The number of para-hydroxylation sites is 1. The van der Waals surface area contributed by atoms with Crippen molar-refractivity contribution in [2.75, 3.05) is 6.54 Å². The van der Waals surface area contributed by atoms with Crippen molar-refractivity contribution in [2.45, 2.75) is 19.4 Å². The lowest BCUT2D eigenvalue weighted by molar-refractivity contribution is 0.0344. The van der Waals surface area contributed by atoms with Gasteiger partial charge >= 0.3 is 0 Å². The monoisotopic (exact) mass is 309 g/mol. The van der Waals surface area contributed by atoms with E-state index in [0.717, 1.165) is 10.9 Å². The molecule has 0 aliphatic carbocycles. The van der Waals surface area contributed by atoms with Crippen LogP contribution in [0.5, 0.6) is 0 Å². The van der Waals surface area contributed by atoms with E-state index in [9.17, 15) is 9.90 Å². The van der Waals surface area contributed by atoms with Gasteiger partial charge in [-0.2, -0.15) is 0 Å². The number of rotatable bonds is 4. The van der Waals surface area contributed by atoms with E-state index in [1.165, 1.54) is 0 Å². The fraction of sp³-hybridized carbons (Fsp3) is 0.211. The number of aryl methyl sites for hydroxylation is 1. The van der Waals surface area contributed by atoms with E-state index < -0.39 is 5.60 Å². The molecule has 1 atom stereocenters.